The molecule has 5 nitrogen and oxygen atoms in total. The van der Waals surface area contributed by atoms with Crippen LogP contribution in [0.25, 0.3) is 0 Å². The van der Waals surface area contributed by atoms with Gasteiger partial charge in [0.05, 0.1) is 28.8 Å². The van der Waals surface area contributed by atoms with Gasteiger partial charge in [0, 0.05) is 6.04 Å². The van der Waals surface area contributed by atoms with Crippen molar-refractivity contribution in [2.24, 2.45) is 0 Å². The Kier molecular flexibility index (Phi) is 4.49. The Morgan fingerprint density at radius 2 is 2.20 bits per heavy atom. The van der Waals surface area contributed by atoms with Gasteiger partial charge in [0.25, 0.3) is 0 Å². The fourth-order valence-corrected chi connectivity index (χ4v) is 3.85. The topological polar surface area (TPSA) is 75.3 Å². The fourth-order valence-electron chi connectivity index (χ4n) is 2.00. The summed E-state index contributed by atoms with van der Waals surface area (Å²) in [6.45, 7) is -0.145. The number of hydrogen-bond acceptors (Lipinski definition) is 4. The molecule has 0 saturated carbocycles. The second-order valence-corrected chi connectivity index (χ2v) is 7.26. The molecule has 1 saturated heterocycles. The number of halogens is 2. The first-order chi connectivity index (χ1) is 9.37. The van der Waals surface area contributed by atoms with E-state index in [4.69, 9.17) is 11.6 Å². The number of amides is 1. The first-order valence-corrected chi connectivity index (χ1v) is 8.25. The average Bonchev–Trinajstić information content (AvgIpc) is 2.70. The van der Waals surface area contributed by atoms with Crippen molar-refractivity contribution >= 4 is 33.0 Å². The smallest absolute Gasteiger partial charge is 0.239 e. The molecule has 2 N–H and O–H groups in total. The highest BCUT2D eigenvalue weighted by atomic mass is 35.5. The van der Waals surface area contributed by atoms with E-state index in [1.165, 1.54) is 12.1 Å². The van der Waals surface area contributed by atoms with E-state index in [-0.39, 0.29) is 40.7 Å². The Balaban J connectivity index is 1.85. The Labute approximate surface area is 121 Å². The van der Waals surface area contributed by atoms with E-state index in [0.717, 1.165) is 0 Å². The van der Waals surface area contributed by atoms with E-state index >= 15 is 0 Å². The average molecular weight is 321 g/mol. The van der Waals surface area contributed by atoms with E-state index in [9.17, 15) is 17.6 Å². The van der Waals surface area contributed by atoms with Gasteiger partial charge < -0.3 is 10.6 Å². The Morgan fingerprint density at radius 3 is 2.85 bits per heavy atom. The van der Waals surface area contributed by atoms with Crippen LogP contribution in [0.5, 0.6) is 0 Å². The van der Waals surface area contributed by atoms with Crippen LogP contribution in [0.15, 0.2) is 18.2 Å². The fraction of sp³-hybridized carbons (Fsp3) is 0.417. The molecule has 20 heavy (non-hydrogen) atoms. The van der Waals surface area contributed by atoms with E-state index in [1.54, 1.807) is 6.07 Å². The summed E-state index contributed by atoms with van der Waals surface area (Å²) in [5, 5.41) is 5.20. The zero-order valence-electron chi connectivity index (χ0n) is 10.5. The van der Waals surface area contributed by atoms with Crippen molar-refractivity contribution in [1.29, 1.82) is 0 Å². The van der Waals surface area contributed by atoms with Crippen molar-refractivity contribution in [3.05, 3.63) is 29.0 Å². The molecule has 1 amide bonds. The minimum atomic E-state index is -3.03. The summed E-state index contributed by atoms with van der Waals surface area (Å²) in [6, 6.07) is 4.08. The predicted octanol–water partition coefficient (Wildman–Crippen LogP) is 1.19. The molecule has 1 aliphatic rings. The van der Waals surface area contributed by atoms with Gasteiger partial charge in [-0.15, -0.1) is 0 Å². The molecule has 1 aliphatic heterocycles. The number of nitrogens with one attached hydrogen (secondary N) is 2. The summed E-state index contributed by atoms with van der Waals surface area (Å²) in [6.07, 6.45) is 0.416. The van der Waals surface area contributed by atoms with Crippen LogP contribution in [0.3, 0.4) is 0 Å². The zero-order chi connectivity index (χ0) is 14.8. The summed E-state index contributed by atoms with van der Waals surface area (Å²) in [7, 11) is -3.03. The molecule has 0 aliphatic carbocycles. The van der Waals surface area contributed by atoms with Crippen molar-refractivity contribution in [2.45, 2.75) is 12.5 Å². The van der Waals surface area contributed by atoms with E-state index < -0.39 is 15.7 Å². The number of carbonyl (C=O) groups excluding carboxylic acids is 1. The molecule has 1 aromatic rings. The quantitative estimate of drug-likeness (QED) is 0.874. The van der Waals surface area contributed by atoms with Gasteiger partial charge in [-0.05, 0) is 18.6 Å². The Morgan fingerprint density at radius 1 is 1.45 bits per heavy atom. The Bertz CT molecular complexity index is 621. The highest BCUT2D eigenvalue weighted by Crippen LogP contribution is 2.21. The lowest BCUT2D eigenvalue weighted by Gasteiger charge is -2.12. The Hall–Kier alpha value is -1.34. The monoisotopic (exact) mass is 320 g/mol. The van der Waals surface area contributed by atoms with Gasteiger partial charge in [0.2, 0.25) is 5.91 Å². The maximum atomic E-state index is 13.6. The molecule has 0 aromatic heterocycles. The van der Waals surface area contributed by atoms with Crippen LogP contribution >= 0.6 is 11.6 Å². The molecule has 1 fully saturated rings. The maximum Gasteiger partial charge on any atom is 0.239 e. The standard InChI is InChI=1S/C12H14ClFN2O3S/c13-9-2-1-3-10(12(9)14)15-6-11(17)16-8-4-5-20(18,19)7-8/h1-3,8,15H,4-7H2,(H,16,17). The largest absolute Gasteiger partial charge is 0.374 e. The normalized spacial score (nSPS) is 20.6. The number of anilines is 1. The van der Waals surface area contributed by atoms with Crippen LogP contribution in [-0.2, 0) is 14.6 Å². The lowest BCUT2D eigenvalue weighted by molar-refractivity contribution is -0.119. The first-order valence-electron chi connectivity index (χ1n) is 6.05. The highest BCUT2D eigenvalue weighted by molar-refractivity contribution is 7.91. The molecule has 0 spiro atoms. The summed E-state index contributed by atoms with van der Waals surface area (Å²) >= 11 is 5.62. The number of rotatable bonds is 4. The predicted molar refractivity (Wildman–Crippen MR) is 75.1 cm³/mol. The van der Waals surface area contributed by atoms with Gasteiger partial charge in [0.15, 0.2) is 15.7 Å². The summed E-state index contributed by atoms with van der Waals surface area (Å²) in [5.41, 5.74) is 0.131. The third-order valence-corrected chi connectivity index (χ3v) is 5.05. The molecule has 8 heteroatoms. The number of sulfone groups is 1. The van der Waals surface area contributed by atoms with Gasteiger partial charge in [-0.25, -0.2) is 12.8 Å². The van der Waals surface area contributed by atoms with Crippen molar-refractivity contribution < 1.29 is 17.6 Å². The van der Waals surface area contributed by atoms with Crippen molar-refractivity contribution in [3.63, 3.8) is 0 Å². The maximum absolute atomic E-state index is 13.6. The van der Waals surface area contributed by atoms with Gasteiger partial charge in [-0.2, -0.15) is 0 Å². The van der Waals surface area contributed by atoms with Crippen LogP contribution in [0.4, 0.5) is 10.1 Å². The third-order valence-electron chi connectivity index (χ3n) is 2.99. The number of benzene rings is 1. The van der Waals surface area contributed by atoms with Gasteiger partial charge in [0.1, 0.15) is 0 Å². The van der Waals surface area contributed by atoms with Crippen molar-refractivity contribution in [1.82, 2.24) is 5.32 Å². The minimum Gasteiger partial charge on any atom is -0.374 e. The molecule has 0 radical (unpaired) electrons. The third kappa shape index (κ3) is 3.83. The van der Waals surface area contributed by atoms with Crippen molar-refractivity contribution in [2.75, 3.05) is 23.4 Å². The van der Waals surface area contributed by atoms with E-state index in [2.05, 4.69) is 10.6 Å². The second-order valence-electron chi connectivity index (χ2n) is 4.62. The molecular weight excluding hydrogens is 307 g/mol. The number of hydrogen-bond donors (Lipinski definition) is 2. The lowest BCUT2D eigenvalue weighted by Crippen LogP contribution is -2.39. The van der Waals surface area contributed by atoms with Crippen LogP contribution in [0.2, 0.25) is 5.02 Å². The van der Waals surface area contributed by atoms with Gasteiger partial charge in [-0.3, -0.25) is 4.79 Å². The number of carbonyl (C=O) groups is 1. The van der Waals surface area contributed by atoms with Gasteiger partial charge in [-0.1, -0.05) is 17.7 Å². The highest BCUT2D eigenvalue weighted by Gasteiger charge is 2.28. The van der Waals surface area contributed by atoms with Crippen LogP contribution < -0.4 is 10.6 Å². The first kappa shape index (κ1) is 15.1. The molecule has 1 aromatic carbocycles. The second kappa shape index (κ2) is 5.97. The molecule has 1 heterocycles. The lowest BCUT2D eigenvalue weighted by atomic mass is 10.2. The van der Waals surface area contributed by atoms with Crippen molar-refractivity contribution in [3.8, 4) is 0 Å². The summed E-state index contributed by atoms with van der Waals surface area (Å²) < 4.78 is 36.1. The summed E-state index contributed by atoms with van der Waals surface area (Å²) in [4.78, 5) is 11.7. The van der Waals surface area contributed by atoms with Crippen LogP contribution in [0, 0.1) is 5.82 Å². The molecule has 110 valence electrons. The van der Waals surface area contributed by atoms with E-state index in [1.807, 2.05) is 0 Å². The van der Waals surface area contributed by atoms with Crippen LogP contribution in [-0.4, -0.2) is 38.4 Å². The van der Waals surface area contributed by atoms with Crippen LogP contribution in [0.1, 0.15) is 6.42 Å². The molecule has 2 rings (SSSR count). The van der Waals surface area contributed by atoms with E-state index in [0.29, 0.717) is 6.42 Å². The molecule has 0 bridgehead atoms. The zero-order valence-corrected chi connectivity index (χ0v) is 12.1. The SMILES string of the molecule is O=C(CNc1cccc(Cl)c1F)NC1CCS(=O)(=O)C1. The van der Waals surface area contributed by atoms with Gasteiger partial charge >= 0.3 is 0 Å². The summed E-state index contributed by atoms with van der Waals surface area (Å²) in [5.74, 6) is -0.949. The molecule has 1 unspecified atom stereocenters. The molecular formula is C12H14ClFN2O3S. The molecule has 1 atom stereocenters. The minimum absolute atomic E-state index is 0.0303.